The molecule has 3 heteroatoms. The van der Waals surface area contributed by atoms with Crippen molar-refractivity contribution < 1.29 is 4.39 Å². The third-order valence-corrected chi connectivity index (χ3v) is 3.23. The van der Waals surface area contributed by atoms with Crippen LogP contribution < -0.4 is 4.90 Å². The molecule has 0 fully saturated rings. The number of aryl methyl sites for hydroxylation is 1. The lowest BCUT2D eigenvalue weighted by atomic mass is 10.1. The molecule has 2 rings (SSSR count). The lowest BCUT2D eigenvalue weighted by Gasteiger charge is -2.23. The van der Waals surface area contributed by atoms with Gasteiger partial charge in [-0.2, -0.15) is 0 Å². The van der Waals surface area contributed by atoms with Crippen molar-refractivity contribution in [3.8, 4) is 0 Å². The van der Waals surface area contributed by atoms with Crippen molar-refractivity contribution in [1.82, 2.24) is 0 Å². The minimum Gasteiger partial charge on any atom is -0.342 e. The largest absolute Gasteiger partial charge is 0.342 e. The highest BCUT2D eigenvalue weighted by atomic mass is 35.5. The van der Waals surface area contributed by atoms with Crippen LogP contribution in [0.5, 0.6) is 0 Å². The number of nitrogens with zero attached hydrogens (tertiary/aromatic N) is 1. The van der Waals surface area contributed by atoms with Gasteiger partial charge in [-0.15, -0.1) is 11.6 Å². The number of halogens is 2. The molecule has 0 aliphatic rings. The Kier molecular flexibility index (Phi) is 3.87. The Morgan fingerprint density at radius 3 is 2.56 bits per heavy atom. The van der Waals surface area contributed by atoms with Gasteiger partial charge < -0.3 is 4.90 Å². The molecule has 0 unspecified atom stereocenters. The van der Waals surface area contributed by atoms with Gasteiger partial charge >= 0.3 is 0 Å². The summed E-state index contributed by atoms with van der Waals surface area (Å²) in [5.74, 6) is 0.0423. The first-order valence-electron chi connectivity index (χ1n) is 5.77. The molecule has 0 aromatic heterocycles. The molecule has 0 saturated heterocycles. The highest BCUT2D eigenvalue weighted by Crippen LogP contribution is 2.31. The fourth-order valence-electron chi connectivity index (χ4n) is 2.01. The van der Waals surface area contributed by atoms with Crippen LogP contribution in [0.3, 0.4) is 0 Å². The van der Waals surface area contributed by atoms with Gasteiger partial charge in [-0.3, -0.25) is 0 Å². The zero-order valence-electron chi connectivity index (χ0n) is 10.5. The van der Waals surface area contributed by atoms with Crippen molar-refractivity contribution >= 4 is 23.0 Å². The maximum Gasteiger partial charge on any atom is 0.147 e. The second-order valence-electron chi connectivity index (χ2n) is 4.28. The Morgan fingerprint density at radius 1 is 1.17 bits per heavy atom. The van der Waals surface area contributed by atoms with Crippen LogP contribution in [-0.2, 0) is 5.88 Å². The van der Waals surface area contributed by atoms with Crippen molar-refractivity contribution in [2.45, 2.75) is 12.8 Å². The van der Waals surface area contributed by atoms with Crippen LogP contribution in [0, 0.1) is 12.7 Å². The lowest BCUT2D eigenvalue weighted by molar-refractivity contribution is 0.626. The van der Waals surface area contributed by atoms with Crippen LogP contribution in [0.15, 0.2) is 42.5 Å². The van der Waals surface area contributed by atoms with Crippen LogP contribution in [-0.4, -0.2) is 7.05 Å². The molecular formula is C15H15ClFN. The Balaban J connectivity index is 2.48. The summed E-state index contributed by atoms with van der Waals surface area (Å²) >= 11 is 5.87. The first-order valence-corrected chi connectivity index (χ1v) is 6.30. The first-order chi connectivity index (χ1) is 8.63. The summed E-state index contributed by atoms with van der Waals surface area (Å²) in [6.45, 7) is 2.02. The summed E-state index contributed by atoms with van der Waals surface area (Å²) in [5.41, 5.74) is 3.42. The highest BCUT2D eigenvalue weighted by Gasteiger charge is 2.13. The Morgan fingerprint density at radius 2 is 1.89 bits per heavy atom. The Bertz CT molecular complexity index is 554. The summed E-state index contributed by atoms with van der Waals surface area (Å²) in [7, 11) is 1.85. The number of hydrogen-bond donors (Lipinski definition) is 0. The van der Waals surface area contributed by atoms with Gasteiger partial charge in [0.15, 0.2) is 0 Å². The van der Waals surface area contributed by atoms with Gasteiger partial charge in [0.25, 0.3) is 0 Å². The van der Waals surface area contributed by atoms with Crippen molar-refractivity contribution in [1.29, 1.82) is 0 Å². The average molecular weight is 264 g/mol. The quantitative estimate of drug-likeness (QED) is 0.729. The van der Waals surface area contributed by atoms with E-state index in [1.54, 1.807) is 6.07 Å². The fraction of sp³-hybridized carbons (Fsp3) is 0.200. The van der Waals surface area contributed by atoms with Crippen LogP contribution in [0.4, 0.5) is 15.8 Å². The van der Waals surface area contributed by atoms with E-state index in [2.05, 4.69) is 0 Å². The lowest BCUT2D eigenvalue weighted by Crippen LogP contribution is -2.13. The predicted molar refractivity (Wildman–Crippen MR) is 75.2 cm³/mol. The minimum atomic E-state index is -0.253. The average Bonchev–Trinajstić information content (AvgIpc) is 2.37. The van der Waals surface area contributed by atoms with Crippen LogP contribution in [0.2, 0.25) is 0 Å². The van der Waals surface area contributed by atoms with E-state index >= 15 is 0 Å². The molecule has 0 aliphatic carbocycles. The second kappa shape index (κ2) is 5.40. The van der Waals surface area contributed by atoms with Gasteiger partial charge in [-0.05, 0) is 36.2 Å². The summed E-state index contributed by atoms with van der Waals surface area (Å²) < 4.78 is 14.0. The molecule has 0 spiro atoms. The minimum absolute atomic E-state index is 0.253. The third-order valence-electron chi connectivity index (χ3n) is 2.94. The number of hydrogen-bond acceptors (Lipinski definition) is 1. The zero-order valence-corrected chi connectivity index (χ0v) is 11.2. The molecule has 2 aromatic rings. The molecule has 0 saturated carbocycles. The summed E-state index contributed by atoms with van der Waals surface area (Å²) in [6.07, 6.45) is 0. The number of anilines is 2. The molecule has 18 heavy (non-hydrogen) atoms. The monoisotopic (exact) mass is 263 g/mol. The van der Waals surface area contributed by atoms with E-state index < -0.39 is 0 Å². The maximum absolute atomic E-state index is 14.0. The molecule has 0 heterocycles. The standard InChI is InChI=1S/C15H15ClFN/c1-11-5-3-7-13(9-11)18(2)15-12(10-16)6-4-8-14(15)17/h3-9H,10H2,1-2H3. The van der Waals surface area contributed by atoms with Crippen LogP contribution >= 0.6 is 11.6 Å². The zero-order chi connectivity index (χ0) is 13.1. The summed E-state index contributed by atoms with van der Waals surface area (Å²) in [6, 6.07) is 12.9. The normalized spacial score (nSPS) is 10.4. The molecule has 0 aliphatic heterocycles. The molecule has 94 valence electrons. The molecule has 0 radical (unpaired) electrons. The topological polar surface area (TPSA) is 3.24 Å². The molecule has 1 nitrogen and oxygen atoms in total. The molecular weight excluding hydrogens is 249 g/mol. The van der Waals surface area contributed by atoms with Gasteiger partial charge in [-0.25, -0.2) is 4.39 Å². The maximum atomic E-state index is 14.0. The predicted octanol–water partition coefficient (Wildman–Crippen LogP) is 4.64. The highest BCUT2D eigenvalue weighted by molar-refractivity contribution is 6.17. The van der Waals surface area contributed by atoms with E-state index in [4.69, 9.17) is 11.6 Å². The van der Waals surface area contributed by atoms with Crippen molar-refractivity contribution in [2.75, 3.05) is 11.9 Å². The third kappa shape index (κ3) is 2.49. The molecule has 0 atom stereocenters. The van der Waals surface area contributed by atoms with Crippen molar-refractivity contribution in [3.63, 3.8) is 0 Å². The number of alkyl halides is 1. The number of para-hydroxylation sites is 1. The second-order valence-corrected chi connectivity index (χ2v) is 4.55. The van der Waals surface area contributed by atoms with E-state index in [-0.39, 0.29) is 5.82 Å². The SMILES string of the molecule is Cc1cccc(N(C)c2c(F)cccc2CCl)c1. The van der Waals surface area contributed by atoms with E-state index in [1.807, 2.05) is 49.2 Å². The van der Waals surface area contributed by atoms with Crippen LogP contribution in [0.1, 0.15) is 11.1 Å². The van der Waals surface area contributed by atoms with Gasteiger partial charge in [0.2, 0.25) is 0 Å². The van der Waals surface area contributed by atoms with E-state index in [0.29, 0.717) is 11.6 Å². The Labute approximate surface area is 112 Å². The van der Waals surface area contributed by atoms with Crippen molar-refractivity contribution in [2.24, 2.45) is 0 Å². The fourth-order valence-corrected chi connectivity index (χ4v) is 2.22. The van der Waals surface area contributed by atoms with Gasteiger partial charge in [-0.1, -0.05) is 24.3 Å². The molecule has 0 amide bonds. The molecule has 0 bridgehead atoms. The molecule has 0 N–H and O–H groups in total. The van der Waals surface area contributed by atoms with Gasteiger partial charge in [0.1, 0.15) is 5.82 Å². The van der Waals surface area contributed by atoms with Crippen molar-refractivity contribution in [3.05, 3.63) is 59.4 Å². The first kappa shape index (κ1) is 12.9. The smallest absolute Gasteiger partial charge is 0.147 e. The van der Waals surface area contributed by atoms with E-state index in [1.165, 1.54) is 6.07 Å². The number of rotatable bonds is 3. The molecule has 2 aromatic carbocycles. The van der Waals surface area contributed by atoms with Gasteiger partial charge in [0, 0.05) is 18.6 Å². The number of benzene rings is 2. The van der Waals surface area contributed by atoms with Gasteiger partial charge in [0.05, 0.1) is 5.69 Å². The van der Waals surface area contributed by atoms with Crippen LogP contribution in [0.25, 0.3) is 0 Å². The van der Waals surface area contributed by atoms with E-state index in [0.717, 1.165) is 16.8 Å². The summed E-state index contributed by atoms with van der Waals surface area (Å²) in [4.78, 5) is 1.83. The van der Waals surface area contributed by atoms with E-state index in [9.17, 15) is 4.39 Å². The Hall–Kier alpha value is -1.54. The summed E-state index contributed by atoms with van der Waals surface area (Å²) in [5, 5.41) is 0.